The predicted molar refractivity (Wildman–Crippen MR) is 74.3 cm³/mol. The molecule has 0 bridgehead atoms. The van der Waals surface area contributed by atoms with E-state index in [2.05, 4.69) is 23.5 Å². The Hall–Kier alpha value is -1.02. The number of piperidine rings is 1. The fourth-order valence-electron chi connectivity index (χ4n) is 3.68. The summed E-state index contributed by atoms with van der Waals surface area (Å²) in [6.45, 7) is 2.39. The van der Waals surface area contributed by atoms with Crippen molar-refractivity contribution in [3.05, 3.63) is 29.3 Å². The number of benzene rings is 1. The average Bonchev–Trinajstić information content (AvgIpc) is 2.47. The van der Waals surface area contributed by atoms with Crippen LogP contribution in [0, 0.1) is 5.92 Å². The van der Waals surface area contributed by atoms with Gasteiger partial charge >= 0.3 is 0 Å². The first-order chi connectivity index (χ1) is 8.88. The van der Waals surface area contributed by atoms with Crippen LogP contribution in [0.5, 0.6) is 5.75 Å². The van der Waals surface area contributed by atoms with Gasteiger partial charge in [0, 0.05) is 0 Å². The van der Waals surface area contributed by atoms with Crippen molar-refractivity contribution in [1.29, 1.82) is 0 Å². The zero-order valence-electron chi connectivity index (χ0n) is 11.2. The highest BCUT2D eigenvalue weighted by Crippen LogP contribution is 2.41. The number of methoxy groups -OCH3 is 1. The topological polar surface area (TPSA) is 21.3 Å². The van der Waals surface area contributed by atoms with Crippen molar-refractivity contribution >= 4 is 0 Å². The monoisotopic (exact) mass is 245 g/mol. The van der Waals surface area contributed by atoms with Crippen LogP contribution in [-0.4, -0.2) is 20.2 Å². The molecule has 0 spiro atoms. The molecule has 1 aromatic rings. The standard InChI is InChI=1S/C16H23NO/c1-18-14-6-5-12-3-2-4-15(16(12)11-14)13-7-9-17-10-8-13/h5-6,11,13,15,17H,2-4,7-10H2,1H3. The van der Waals surface area contributed by atoms with Crippen molar-refractivity contribution < 1.29 is 4.74 Å². The molecule has 0 amide bonds. The van der Waals surface area contributed by atoms with E-state index in [0.717, 1.165) is 17.6 Å². The fraction of sp³-hybridized carbons (Fsp3) is 0.625. The van der Waals surface area contributed by atoms with E-state index >= 15 is 0 Å². The summed E-state index contributed by atoms with van der Waals surface area (Å²) in [4.78, 5) is 0. The van der Waals surface area contributed by atoms with E-state index in [-0.39, 0.29) is 0 Å². The molecule has 1 heterocycles. The SMILES string of the molecule is COc1ccc2c(c1)C(C1CCNCC1)CCC2. The molecule has 2 heteroatoms. The summed E-state index contributed by atoms with van der Waals surface area (Å²) in [6, 6.07) is 6.69. The van der Waals surface area contributed by atoms with E-state index in [1.165, 1.54) is 45.2 Å². The van der Waals surface area contributed by atoms with Gasteiger partial charge in [0.05, 0.1) is 7.11 Å². The molecular formula is C16H23NO. The highest BCUT2D eigenvalue weighted by Gasteiger charge is 2.29. The molecule has 1 N–H and O–H groups in total. The first-order valence-electron chi connectivity index (χ1n) is 7.26. The summed E-state index contributed by atoms with van der Waals surface area (Å²) in [5.74, 6) is 2.66. The van der Waals surface area contributed by atoms with Crippen molar-refractivity contribution in [3.63, 3.8) is 0 Å². The Bertz CT molecular complexity index is 410. The molecule has 1 aliphatic heterocycles. The van der Waals surface area contributed by atoms with Gasteiger partial charge in [-0.2, -0.15) is 0 Å². The summed E-state index contributed by atoms with van der Waals surface area (Å²) < 4.78 is 5.40. The van der Waals surface area contributed by atoms with Crippen molar-refractivity contribution in [2.24, 2.45) is 5.92 Å². The molecule has 0 aromatic heterocycles. The van der Waals surface area contributed by atoms with E-state index < -0.39 is 0 Å². The molecule has 1 aliphatic carbocycles. The van der Waals surface area contributed by atoms with E-state index in [1.807, 2.05) is 0 Å². The molecule has 2 aliphatic rings. The van der Waals surface area contributed by atoms with Gasteiger partial charge in [-0.25, -0.2) is 0 Å². The first kappa shape index (κ1) is 12.0. The summed E-state index contributed by atoms with van der Waals surface area (Å²) >= 11 is 0. The van der Waals surface area contributed by atoms with E-state index in [4.69, 9.17) is 4.74 Å². The molecular weight excluding hydrogens is 222 g/mol. The molecule has 2 nitrogen and oxygen atoms in total. The van der Waals surface area contributed by atoms with Gasteiger partial charge < -0.3 is 10.1 Å². The lowest BCUT2D eigenvalue weighted by Gasteiger charge is -2.35. The molecule has 0 radical (unpaired) electrons. The zero-order valence-corrected chi connectivity index (χ0v) is 11.2. The van der Waals surface area contributed by atoms with E-state index in [1.54, 1.807) is 18.2 Å². The van der Waals surface area contributed by atoms with Crippen LogP contribution in [0.4, 0.5) is 0 Å². The summed E-state index contributed by atoms with van der Waals surface area (Å²) in [6.07, 6.45) is 6.64. The second-order valence-corrected chi connectivity index (χ2v) is 5.65. The number of hydrogen-bond acceptors (Lipinski definition) is 2. The van der Waals surface area contributed by atoms with Crippen molar-refractivity contribution in [2.75, 3.05) is 20.2 Å². The Labute approximate surface area is 110 Å². The third-order valence-electron chi connectivity index (χ3n) is 4.67. The van der Waals surface area contributed by atoms with Crippen LogP contribution in [0.25, 0.3) is 0 Å². The smallest absolute Gasteiger partial charge is 0.119 e. The van der Waals surface area contributed by atoms with Gasteiger partial charge in [0.2, 0.25) is 0 Å². The molecule has 1 unspecified atom stereocenters. The molecule has 1 aromatic carbocycles. The van der Waals surface area contributed by atoms with Crippen molar-refractivity contribution in [3.8, 4) is 5.75 Å². The maximum Gasteiger partial charge on any atom is 0.119 e. The number of rotatable bonds is 2. The summed E-state index contributed by atoms with van der Waals surface area (Å²) in [7, 11) is 1.77. The largest absolute Gasteiger partial charge is 0.497 e. The Balaban J connectivity index is 1.89. The fourth-order valence-corrected chi connectivity index (χ4v) is 3.68. The predicted octanol–water partition coefficient (Wildman–Crippen LogP) is 3.11. The molecule has 1 atom stereocenters. The quantitative estimate of drug-likeness (QED) is 0.864. The lowest BCUT2D eigenvalue weighted by atomic mass is 9.72. The second kappa shape index (κ2) is 5.31. The Morgan fingerprint density at radius 3 is 2.78 bits per heavy atom. The van der Waals surface area contributed by atoms with Crippen molar-refractivity contribution in [2.45, 2.75) is 38.0 Å². The van der Waals surface area contributed by atoms with Crippen LogP contribution in [0.3, 0.4) is 0 Å². The molecule has 1 fully saturated rings. The van der Waals surface area contributed by atoms with Gasteiger partial charge in [-0.15, -0.1) is 0 Å². The average molecular weight is 245 g/mol. The highest BCUT2D eigenvalue weighted by molar-refractivity contribution is 5.39. The second-order valence-electron chi connectivity index (χ2n) is 5.65. The third-order valence-corrected chi connectivity index (χ3v) is 4.67. The van der Waals surface area contributed by atoms with E-state index in [0.29, 0.717) is 0 Å². The molecule has 98 valence electrons. The maximum absolute atomic E-state index is 5.40. The lowest BCUT2D eigenvalue weighted by molar-refractivity contribution is 0.295. The van der Waals surface area contributed by atoms with Crippen LogP contribution in [0.2, 0.25) is 0 Å². The molecule has 3 rings (SSSR count). The minimum absolute atomic E-state index is 0.769. The molecule has 0 saturated carbocycles. The first-order valence-corrected chi connectivity index (χ1v) is 7.26. The Morgan fingerprint density at radius 1 is 1.17 bits per heavy atom. The van der Waals surface area contributed by atoms with Gasteiger partial charge in [0.1, 0.15) is 5.75 Å². The van der Waals surface area contributed by atoms with Gasteiger partial charge in [-0.05, 0) is 80.3 Å². The van der Waals surface area contributed by atoms with Gasteiger partial charge in [0.15, 0.2) is 0 Å². The number of fused-ring (bicyclic) bond motifs is 1. The zero-order chi connectivity index (χ0) is 12.4. The van der Waals surface area contributed by atoms with Crippen molar-refractivity contribution in [1.82, 2.24) is 5.32 Å². The Morgan fingerprint density at radius 2 is 2.00 bits per heavy atom. The van der Waals surface area contributed by atoms with Gasteiger partial charge in [-0.1, -0.05) is 6.07 Å². The molecule has 1 saturated heterocycles. The lowest BCUT2D eigenvalue weighted by Crippen LogP contribution is -2.32. The Kier molecular flexibility index (Phi) is 3.55. The maximum atomic E-state index is 5.40. The minimum atomic E-state index is 0.769. The highest BCUT2D eigenvalue weighted by atomic mass is 16.5. The summed E-state index contributed by atoms with van der Waals surface area (Å²) in [5, 5.41) is 3.48. The summed E-state index contributed by atoms with van der Waals surface area (Å²) in [5.41, 5.74) is 3.14. The minimum Gasteiger partial charge on any atom is -0.497 e. The number of aryl methyl sites for hydroxylation is 1. The van der Waals surface area contributed by atoms with Crippen LogP contribution in [-0.2, 0) is 6.42 Å². The normalized spacial score (nSPS) is 24.6. The van der Waals surface area contributed by atoms with Crippen LogP contribution >= 0.6 is 0 Å². The number of ether oxygens (including phenoxy) is 1. The van der Waals surface area contributed by atoms with Crippen LogP contribution < -0.4 is 10.1 Å². The van der Waals surface area contributed by atoms with E-state index in [9.17, 15) is 0 Å². The van der Waals surface area contributed by atoms with Crippen LogP contribution in [0.1, 0.15) is 42.7 Å². The molecule has 18 heavy (non-hydrogen) atoms. The van der Waals surface area contributed by atoms with Gasteiger partial charge in [0.25, 0.3) is 0 Å². The van der Waals surface area contributed by atoms with Gasteiger partial charge in [-0.3, -0.25) is 0 Å². The third kappa shape index (κ3) is 2.26. The van der Waals surface area contributed by atoms with Crippen LogP contribution in [0.15, 0.2) is 18.2 Å². The number of hydrogen-bond donors (Lipinski definition) is 1. The number of nitrogens with one attached hydrogen (secondary N) is 1.